The quantitative estimate of drug-likeness (QED) is 0.796. The Kier molecular flexibility index (Phi) is 5.72. The SMILES string of the molecule is NC(=O)CCCCC(=O)N(c1ccccc1)c1ccccc1. The average molecular weight is 296 g/mol. The molecule has 0 unspecified atom stereocenters. The van der Waals surface area contributed by atoms with Crippen LogP contribution in [0.4, 0.5) is 11.4 Å². The summed E-state index contributed by atoms with van der Waals surface area (Å²) in [6.07, 6.45) is 2.00. The summed E-state index contributed by atoms with van der Waals surface area (Å²) in [5, 5.41) is 0. The minimum atomic E-state index is -0.324. The Labute approximate surface area is 130 Å². The third kappa shape index (κ3) is 4.45. The standard InChI is InChI=1S/C18H20N2O2/c19-17(21)13-7-8-14-18(22)20(15-9-3-1-4-10-15)16-11-5-2-6-12-16/h1-6,9-12H,7-8,13-14H2,(H2,19,21). The van der Waals surface area contributed by atoms with Crippen LogP contribution in [0.2, 0.25) is 0 Å². The maximum atomic E-state index is 12.6. The molecule has 0 aliphatic heterocycles. The Morgan fingerprint density at radius 2 is 1.23 bits per heavy atom. The molecule has 0 saturated carbocycles. The van der Waals surface area contributed by atoms with Crippen LogP contribution >= 0.6 is 0 Å². The van der Waals surface area contributed by atoms with Gasteiger partial charge in [-0.3, -0.25) is 14.5 Å². The van der Waals surface area contributed by atoms with Gasteiger partial charge >= 0.3 is 0 Å². The predicted molar refractivity (Wildman–Crippen MR) is 87.7 cm³/mol. The van der Waals surface area contributed by atoms with Crippen molar-refractivity contribution < 1.29 is 9.59 Å². The Hall–Kier alpha value is -2.62. The van der Waals surface area contributed by atoms with Gasteiger partial charge in [-0.25, -0.2) is 0 Å². The zero-order valence-electron chi connectivity index (χ0n) is 12.4. The van der Waals surface area contributed by atoms with Gasteiger partial charge in [-0.05, 0) is 37.1 Å². The van der Waals surface area contributed by atoms with Crippen molar-refractivity contribution in [2.24, 2.45) is 5.73 Å². The van der Waals surface area contributed by atoms with Crippen LogP contribution in [0, 0.1) is 0 Å². The van der Waals surface area contributed by atoms with Crippen molar-refractivity contribution in [3.8, 4) is 0 Å². The van der Waals surface area contributed by atoms with E-state index in [2.05, 4.69) is 0 Å². The molecule has 0 radical (unpaired) electrons. The Bertz CT molecular complexity index is 572. The number of amides is 2. The normalized spacial score (nSPS) is 10.2. The first-order valence-corrected chi connectivity index (χ1v) is 7.40. The van der Waals surface area contributed by atoms with E-state index in [0.29, 0.717) is 25.7 Å². The minimum Gasteiger partial charge on any atom is -0.370 e. The summed E-state index contributed by atoms with van der Waals surface area (Å²) in [7, 11) is 0. The monoisotopic (exact) mass is 296 g/mol. The summed E-state index contributed by atoms with van der Waals surface area (Å²) in [4.78, 5) is 25.1. The molecule has 0 bridgehead atoms. The maximum absolute atomic E-state index is 12.6. The average Bonchev–Trinajstić information content (AvgIpc) is 2.54. The van der Waals surface area contributed by atoms with Gasteiger partial charge in [0.05, 0.1) is 0 Å². The first-order valence-electron chi connectivity index (χ1n) is 7.40. The molecule has 0 fully saturated rings. The topological polar surface area (TPSA) is 63.4 Å². The molecule has 2 aromatic rings. The van der Waals surface area contributed by atoms with Gasteiger partial charge in [-0.2, -0.15) is 0 Å². The summed E-state index contributed by atoms with van der Waals surface area (Å²) in [6.45, 7) is 0. The minimum absolute atomic E-state index is 0.0156. The van der Waals surface area contributed by atoms with E-state index in [0.717, 1.165) is 11.4 Å². The van der Waals surface area contributed by atoms with Gasteiger partial charge in [-0.15, -0.1) is 0 Å². The second kappa shape index (κ2) is 7.98. The van der Waals surface area contributed by atoms with E-state index in [-0.39, 0.29) is 11.8 Å². The second-order valence-electron chi connectivity index (χ2n) is 5.07. The zero-order valence-corrected chi connectivity index (χ0v) is 12.4. The smallest absolute Gasteiger partial charge is 0.231 e. The highest BCUT2D eigenvalue weighted by Gasteiger charge is 2.17. The summed E-state index contributed by atoms with van der Waals surface area (Å²) in [5.74, 6) is -0.308. The summed E-state index contributed by atoms with van der Waals surface area (Å²) in [6, 6.07) is 19.1. The molecule has 0 saturated heterocycles. The lowest BCUT2D eigenvalue weighted by Crippen LogP contribution is -2.25. The number of anilines is 2. The van der Waals surface area contributed by atoms with Crippen LogP contribution in [-0.2, 0) is 9.59 Å². The number of rotatable bonds is 7. The fourth-order valence-corrected chi connectivity index (χ4v) is 2.28. The van der Waals surface area contributed by atoms with Gasteiger partial charge in [0.25, 0.3) is 0 Å². The third-order valence-electron chi connectivity index (χ3n) is 3.34. The summed E-state index contributed by atoms with van der Waals surface area (Å²) in [5.41, 5.74) is 6.80. The van der Waals surface area contributed by atoms with Crippen LogP contribution in [0.15, 0.2) is 60.7 Å². The first-order chi connectivity index (χ1) is 10.7. The highest BCUT2D eigenvalue weighted by atomic mass is 16.2. The molecule has 0 aliphatic rings. The lowest BCUT2D eigenvalue weighted by Gasteiger charge is -2.23. The van der Waals surface area contributed by atoms with Crippen molar-refractivity contribution in [2.45, 2.75) is 25.7 Å². The highest BCUT2D eigenvalue weighted by Crippen LogP contribution is 2.26. The molecule has 0 aliphatic carbocycles. The van der Waals surface area contributed by atoms with Crippen LogP contribution in [0.25, 0.3) is 0 Å². The molecule has 0 heterocycles. The highest BCUT2D eigenvalue weighted by molar-refractivity contribution is 6.00. The van der Waals surface area contributed by atoms with Gasteiger partial charge in [0.1, 0.15) is 0 Å². The molecule has 2 N–H and O–H groups in total. The van der Waals surface area contributed by atoms with E-state index in [1.807, 2.05) is 60.7 Å². The van der Waals surface area contributed by atoms with Crippen LogP contribution < -0.4 is 10.6 Å². The third-order valence-corrected chi connectivity index (χ3v) is 3.34. The molecule has 2 aromatic carbocycles. The van der Waals surface area contributed by atoms with Gasteiger partial charge in [0.2, 0.25) is 11.8 Å². The number of benzene rings is 2. The van der Waals surface area contributed by atoms with Crippen molar-refractivity contribution in [3.63, 3.8) is 0 Å². The van der Waals surface area contributed by atoms with Crippen molar-refractivity contribution in [1.29, 1.82) is 0 Å². The number of hydrogen-bond donors (Lipinski definition) is 1. The molecule has 0 spiro atoms. The number of nitrogens with zero attached hydrogens (tertiary/aromatic N) is 1. The van der Waals surface area contributed by atoms with Gasteiger partial charge in [-0.1, -0.05) is 36.4 Å². The number of carbonyl (C=O) groups excluding carboxylic acids is 2. The van der Waals surface area contributed by atoms with Crippen molar-refractivity contribution >= 4 is 23.2 Å². The van der Waals surface area contributed by atoms with Crippen molar-refractivity contribution in [1.82, 2.24) is 0 Å². The summed E-state index contributed by atoms with van der Waals surface area (Å²) >= 11 is 0. The summed E-state index contributed by atoms with van der Waals surface area (Å²) < 4.78 is 0. The molecule has 2 amide bonds. The molecule has 114 valence electrons. The molecule has 22 heavy (non-hydrogen) atoms. The lowest BCUT2D eigenvalue weighted by molar-refractivity contribution is -0.119. The zero-order chi connectivity index (χ0) is 15.8. The molecule has 4 nitrogen and oxygen atoms in total. The maximum Gasteiger partial charge on any atom is 0.231 e. The Balaban J connectivity index is 2.11. The molecule has 0 aromatic heterocycles. The largest absolute Gasteiger partial charge is 0.370 e. The molecular formula is C18H20N2O2. The number of para-hydroxylation sites is 2. The van der Waals surface area contributed by atoms with Crippen LogP contribution in [0.1, 0.15) is 25.7 Å². The number of unbranched alkanes of at least 4 members (excludes halogenated alkanes) is 1. The van der Waals surface area contributed by atoms with E-state index in [1.165, 1.54) is 0 Å². The Morgan fingerprint density at radius 1 is 0.773 bits per heavy atom. The van der Waals surface area contributed by atoms with Crippen LogP contribution in [0.3, 0.4) is 0 Å². The Morgan fingerprint density at radius 3 is 1.68 bits per heavy atom. The van der Waals surface area contributed by atoms with E-state index in [9.17, 15) is 9.59 Å². The fourth-order valence-electron chi connectivity index (χ4n) is 2.28. The molecule has 0 atom stereocenters. The van der Waals surface area contributed by atoms with E-state index in [4.69, 9.17) is 5.73 Å². The van der Waals surface area contributed by atoms with E-state index < -0.39 is 0 Å². The van der Waals surface area contributed by atoms with Gasteiger partial charge in [0.15, 0.2) is 0 Å². The number of hydrogen-bond acceptors (Lipinski definition) is 2. The number of primary amides is 1. The lowest BCUT2D eigenvalue weighted by atomic mass is 10.1. The molecule has 2 rings (SSSR count). The van der Waals surface area contributed by atoms with E-state index >= 15 is 0 Å². The van der Waals surface area contributed by atoms with Gasteiger partial charge < -0.3 is 5.73 Å². The fraction of sp³-hybridized carbons (Fsp3) is 0.222. The molecule has 4 heteroatoms. The first kappa shape index (κ1) is 15.8. The second-order valence-corrected chi connectivity index (χ2v) is 5.07. The van der Waals surface area contributed by atoms with Crippen LogP contribution in [-0.4, -0.2) is 11.8 Å². The predicted octanol–water partition coefficient (Wildman–Crippen LogP) is 3.40. The van der Waals surface area contributed by atoms with Gasteiger partial charge in [0, 0.05) is 24.2 Å². The van der Waals surface area contributed by atoms with Crippen molar-refractivity contribution in [3.05, 3.63) is 60.7 Å². The van der Waals surface area contributed by atoms with Crippen molar-refractivity contribution in [2.75, 3.05) is 4.90 Å². The van der Waals surface area contributed by atoms with Crippen LogP contribution in [0.5, 0.6) is 0 Å². The number of nitrogens with two attached hydrogens (primary N) is 1. The van der Waals surface area contributed by atoms with E-state index in [1.54, 1.807) is 4.90 Å². The molecular weight excluding hydrogens is 276 g/mol. The number of carbonyl (C=O) groups is 2.